The van der Waals surface area contributed by atoms with Gasteiger partial charge in [-0.1, -0.05) is 101 Å². The fourth-order valence-corrected chi connectivity index (χ4v) is 15.9. The first kappa shape index (κ1) is 65.0. The number of imidazole rings is 2. The molecule has 10 rings (SSSR count). The third-order valence-corrected chi connectivity index (χ3v) is 23.2. The van der Waals surface area contributed by atoms with Crippen LogP contribution in [0.1, 0.15) is 95.0 Å². The summed E-state index contributed by atoms with van der Waals surface area (Å²) in [5.74, 6) is 0.731. The monoisotopic (exact) mass is 1260 g/mol. The molecule has 2 N–H and O–H groups in total. The molecule has 16 nitrogen and oxygen atoms in total. The highest BCUT2D eigenvalue weighted by molar-refractivity contribution is 7.90. The van der Waals surface area contributed by atoms with Gasteiger partial charge < -0.3 is 28.8 Å². The van der Waals surface area contributed by atoms with Gasteiger partial charge in [-0.25, -0.2) is 34.7 Å². The summed E-state index contributed by atoms with van der Waals surface area (Å²) in [6.07, 6.45) is 4.36. The van der Waals surface area contributed by atoms with Gasteiger partial charge in [0.15, 0.2) is 0 Å². The smallest absolute Gasteiger partial charge is 0.268 e. The minimum Gasteiger partial charge on any atom is -0.377 e. The Morgan fingerprint density at radius 3 is 1.34 bits per heavy atom. The van der Waals surface area contributed by atoms with Crippen molar-refractivity contribution in [2.45, 2.75) is 154 Å². The summed E-state index contributed by atoms with van der Waals surface area (Å²) >= 11 is 0. The van der Waals surface area contributed by atoms with E-state index in [4.69, 9.17) is 19.4 Å². The van der Waals surface area contributed by atoms with Crippen LogP contribution in [0.3, 0.4) is 0 Å². The van der Waals surface area contributed by atoms with Gasteiger partial charge >= 0.3 is 0 Å². The number of nitriles is 2. The SMILES string of the molecule is CCc1cc(C)c2c(ccn2S(=O)(=O)c2ccc(C)cc2)c1C(C)(O)c1nc2cc(C#N)ccc2n1COCC[Si](C)(C)C.CCc1cc(C)c2c(ccn2S(=O)(=O)c2ccc(C)cc2)c1C(C)(O)c1nc2ccc(C#N)cc2n1COCC[Si](C)(C)C. The van der Waals surface area contributed by atoms with Gasteiger partial charge in [0.2, 0.25) is 0 Å². The molecule has 0 saturated carbocycles. The number of aromatic nitrogens is 6. The van der Waals surface area contributed by atoms with Crippen molar-refractivity contribution in [3.05, 3.63) is 189 Å². The van der Waals surface area contributed by atoms with Crippen molar-refractivity contribution < 1.29 is 36.5 Å². The van der Waals surface area contributed by atoms with Crippen molar-refractivity contribution in [3.8, 4) is 12.1 Å². The van der Waals surface area contributed by atoms with Crippen LogP contribution in [0.15, 0.2) is 131 Å². The second kappa shape index (κ2) is 24.8. The lowest BCUT2D eigenvalue weighted by molar-refractivity contribution is 0.0567. The van der Waals surface area contributed by atoms with Gasteiger partial charge in [-0.3, -0.25) is 0 Å². The van der Waals surface area contributed by atoms with Crippen LogP contribution in [-0.2, 0) is 67.0 Å². The molecular formula is C68H80N8O8S2Si2. The molecule has 4 heterocycles. The number of hydrogen-bond donors (Lipinski definition) is 2. The van der Waals surface area contributed by atoms with Gasteiger partial charge in [0.25, 0.3) is 20.0 Å². The highest BCUT2D eigenvalue weighted by atomic mass is 32.2. The molecule has 0 radical (unpaired) electrons. The highest BCUT2D eigenvalue weighted by Crippen LogP contribution is 2.43. The van der Waals surface area contributed by atoms with Crippen LogP contribution >= 0.6 is 0 Å². The Labute approximate surface area is 519 Å². The summed E-state index contributed by atoms with van der Waals surface area (Å²) < 4.78 is 74.0. The molecule has 10 aromatic rings. The zero-order valence-electron chi connectivity index (χ0n) is 52.9. The third kappa shape index (κ3) is 12.7. The quantitative estimate of drug-likeness (QED) is 0.0538. The molecule has 0 aliphatic carbocycles. The summed E-state index contributed by atoms with van der Waals surface area (Å²) in [7, 11) is -10.5. The van der Waals surface area contributed by atoms with E-state index in [1.165, 1.54) is 7.94 Å². The highest BCUT2D eigenvalue weighted by Gasteiger charge is 2.39. The zero-order chi connectivity index (χ0) is 64.1. The van der Waals surface area contributed by atoms with Gasteiger partial charge in [0, 0.05) is 63.7 Å². The standard InChI is InChI=1S/2C34H40N4O4SSi/c1-8-26-19-24(3)32-28(15-16-38(32)43(40,41)27-12-9-23(2)10-13-27)31(26)34(4,39)33-36-29-20-25(21-35)11-14-30(29)37(33)22-42-17-18-44(5,6)7;1-8-26-19-24(3)32-28(15-16-38(32)43(40,41)27-12-9-23(2)10-13-27)31(26)34(4,39)33-36-29-14-11-25(21-35)20-30(29)37(33)22-42-17-18-44(5,6)7/h2*9-16,19-20,39H,8,17-18,22H2,1-7H3. The molecule has 4 aromatic heterocycles. The molecule has 88 heavy (non-hydrogen) atoms. The Morgan fingerprint density at radius 1 is 0.534 bits per heavy atom. The number of rotatable bonds is 20. The fraction of sp³-hybridized carbons (Fsp3) is 0.353. The predicted octanol–water partition coefficient (Wildman–Crippen LogP) is 13.7. The summed E-state index contributed by atoms with van der Waals surface area (Å²) in [6.45, 7) is 30.3. The van der Waals surface area contributed by atoms with Crippen molar-refractivity contribution in [1.82, 2.24) is 27.0 Å². The molecule has 2 unspecified atom stereocenters. The van der Waals surface area contributed by atoms with Crippen LogP contribution in [0.2, 0.25) is 51.4 Å². The molecule has 460 valence electrons. The van der Waals surface area contributed by atoms with Crippen LogP contribution in [-0.4, -0.2) is 83.5 Å². The molecule has 0 amide bonds. The van der Waals surface area contributed by atoms with E-state index in [-0.39, 0.29) is 23.3 Å². The second-order valence-corrected chi connectivity index (χ2v) is 40.6. The molecule has 0 spiro atoms. The van der Waals surface area contributed by atoms with Gasteiger partial charge in [0.1, 0.15) is 36.3 Å². The molecular weight excluding hydrogens is 1180 g/mol. The van der Waals surface area contributed by atoms with Gasteiger partial charge in [-0.2, -0.15) is 10.5 Å². The minimum atomic E-state index is -3.90. The molecule has 0 saturated heterocycles. The summed E-state index contributed by atoms with van der Waals surface area (Å²) in [5, 5.41) is 45.5. The average Bonchev–Trinajstić information content (AvgIpc) is 1.56. The van der Waals surface area contributed by atoms with E-state index in [1.807, 2.05) is 68.9 Å². The Kier molecular flexibility index (Phi) is 18.3. The number of aryl methyl sites for hydroxylation is 6. The lowest BCUT2D eigenvalue weighted by atomic mass is 9.85. The first-order valence-electron chi connectivity index (χ1n) is 29.7. The molecule has 0 bridgehead atoms. The predicted molar refractivity (Wildman–Crippen MR) is 354 cm³/mol. The molecule has 6 aromatic carbocycles. The molecule has 0 aliphatic rings. The average molecular weight is 1260 g/mol. The third-order valence-electron chi connectivity index (χ3n) is 16.4. The normalized spacial score (nSPS) is 13.8. The maximum Gasteiger partial charge on any atom is 0.268 e. The largest absolute Gasteiger partial charge is 0.377 e. The van der Waals surface area contributed by atoms with Crippen LogP contribution in [0, 0.1) is 50.4 Å². The zero-order valence-corrected chi connectivity index (χ0v) is 56.6. The number of aliphatic hydroxyl groups is 2. The molecule has 20 heteroatoms. The van der Waals surface area contributed by atoms with Crippen LogP contribution in [0.4, 0.5) is 0 Å². The fourth-order valence-electron chi connectivity index (χ4n) is 11.6. The van der Waals surface area contributed by atoms with Crippen molar-refractivity contribution in [2.75, 3.05) is 13.2 Å². The minimum absolute atomic E-state index is 0.153. The molecule has 2 atom stereocenters. The summed E-state index contributed by atoms with van der Waals surface area (Å²) in [4.78, 5) is 10.2. The first-order valence-corrected chi connectivity index (χ1v) is 40.0. The maximum absolute atomic E-state index is 13.9. The summed E-state index contributed by atoms with van der Waals surface area (Å²) in [5.41, 5.74) is 7.85. The van der Waals surface area contributed by atoms with E-state index < -0.39 is 47.4 Å². The first-order chi connectivity index (χ1) is 41.4. The lowest BCUT2D eigenvalue weighted by Crippen LogP contribution is -2.30. The van der Waals surface area contributed by atoms with Crippen molar-refractivity contribution in [3.63, 3.8) is 0 Å². The van der Waals surface area contributed by atoms with Crippen molar-refractivity contribution >= 4 is 80.1 Å². The summed E-state index contributed by atoms with van der Waals surface area (Å²) in [6, 6.07) is 37.9. The van der Waals surface area contributed by atoms with E-state index >= 15 is 0 Å². The van der Waals surface area contributed by atoms with E-state index in [0.717, 1.165) is 51.0 Å². The van der Waals surface area contributed by atoms with Gasteiger partial charge in [-0.05, 0) is 162 Å². The number of fused-ring (bicyclic) bond motifs is 4. The van der Waals surface area contributed by atoms with E-state index in [2.05, 4.69) is 51.4 Å². The van der Waals surface area contributed by atoms with E-state index in [0.29, 0.717) is 98.3 Å². The lowest BCUT2D eigenvalue weighted by Gasteiger charge is -2.28. The Balaban J connectivity index is 0.000000209. The van der Waals surface area contributed by atoms with Gasteiger partial charge in [0.05, 0.1) is 66.2 Å². The number of nitrogens with zero attached hydrogens (tertiary/aromatic N) is 8. The topological polar surface area (TPSA) is 220 Å². The van der Waals surface area contributed by atoms with Crippen LogP contribution < -0.4 is 0 Å². The molecule has 0 aliphatic heterocycles. The number of benzene rings is 6. The van der Waals surface area contributed by atoms with Crippen LogP contribution in [0.5, 0.6) is 0 Å². The second-order valence-electron chi connectivity index (χ2n) is 25.7. The Hall–Kier alpha value is -7.51. The number of hydrogen-bond acceptors (Lipinski definition) is 12. The van der Waals surface area contributed by atoms with Crippen LogP contribution in [0.25, 0.3) is 43.9 Å². The number of ether oxygens (including phenoxy) is 2. The van der Waals surface area contributed by atoms with Crippen molar-refractivity contribution in [1.29, 1.82) is 10.5 Å². The van der Waals surface area contributed by atoms with Gasteiger partial charge in [-0.15, -0.1) is 0 Å². The van der Waals surface area contributed by atoms with E-state index in [1.54, 1.807) is 117 Å². The van der Waals surface area contributed by atoms with E-state index in [9.17, 15) is 37.6 Å². The molecule has 0 fully saturated rings. The van der Waals surface area contributed by atoms with Crippen molar-refractivity contribution in [2.24, 2.45) is 0 Å². The Bertz CT molecular complexity index is 4430. The Morgan fingerprint density at radius 2 is 0.932 bits per heavy atom. The maximum atomic E-state index is 13.9.